The highest BCUT2D eigenvalue weighted by molar-refractivity contribution is 9.10. The predicted molar refractivity (Wildman–Crippen MR) is 323 cm³/mol. The molecule has 0 aromatic heterocycles. The van der Waals surface area contributed by atoms with E-state index in [4.69, 9.17) is 77.6 Å². The minimum Gasteiger partial charge on any atom is -0.444 e. The minimum absolute atomic E-state index is 0.193. The van der Waals surface area contributed by atoms with Crippen molar-refractivity contribution in [3.05, 3.63) is 186 Å². The van der Waals surface area contributed by atoms with E-state index in [1.165, 1.54) is 30.0 Å². The van der Waals surface area contributed by atoms with Crippen molar-refractivity contribution in [2.75, 3.05) is 17.3 Å². The zero-order chi connectivity index (χ0) is 54.8. The summed E-state index contributed by atoms with van der Waals surface area (Å²) in [4.78, 5) is 26.6. The zero-order valence-electron chi connectivity index (χ0n) is 42.0. The first-order valence-corrected chi connectivity index (χ1v) is 30.9. The van der Waals surface area contributed by atoms with Crippen molar-refractivity contribution in [3.8, 4) is 22.3 Å². The third kappa shape index (κ3) is 12.3. The highest BCUT2D eigenvalue weighted by atomic mass is 79.9. The second-order valence-corrected chi connectivity index (χ2v) is 26.1. The number of aliphatic imine (C=N–C) groups is 3. The molecule has 6 aromatic carbocycles. The number of nitrogens with two attached hydrogens (primary N) is 2. The number of halogens is 8. The topological polar surface area (TPSA) is 127 Å². The fraction of sp³-hybridized carbons (Fsp3) is 0.322. The van der Waals surface area contributed by atoms with Gasteiger partial charge in [-0.2, -0.15) is 0 Å². The summed E-state index contributed by atoms with van der Waals surface area (Å²) in [6.07, 6.45) is 8.06. The van der Waals surface area contributed by atoms with E-state index in [0.29, 0.717) is 64.1 Å². The van der Waals surface area contributed by atoms with Gasteiger partial charge in [-0.05, 0) is 163 Å². The Kier molecular flexibility index (Phi) is 17.8. The summed E-state index contributed by atoms with van der Waals surface area (Å²) in [6.45, 7) is 0.193. The first-order chi connectivity index (χ1) is 37.5. The lowest BCUT2D eigenvalue weighted by molar-refractivity contribution is 0.145. The van der Waals surface area contributed by atoms with Gasteiger partial charge < -0.3 is 16.2 Å². The summed E-state index contributed by atoms with van der Waals surface area (Å²) >= 11 is 32.6. The maximum atomic E-state index is 14.8. The van der Waals surface area contributed by atoms with Crippen molar-refractivity contribution in [3.63, 3.8) is 0 Å². The third-order valence-corrected chi connectivity index (χ3v) is 20.0. The van der Waals surface area contributed by atoms with E-state index >= 15 is 0 Å². The van der Waals surface area contributed by atoms with Crippen LogP contribution in [0.4, 0.5) is 18.0 Å². The number of benzene rings is 6. The van der Waals surface area contributed by atoms with Crippen molar-refractivity contribution < 1.29 is 22.7 Å². The number of hydrogen-bond acceptors (Lipinski definition) is 10. The molecule has 0 saturated heterocycles. The third-order valence-electron chi connectivity index (χ3n) is 15.6. The summed E-state index contributed by atoms with van der Waals surface area (Å²) < 4.78 is 50.4. The van der Waals surface area contributed by atoms with Crippen LogP contribution >= 0.6 is 97.6 Å². The minimum atomic E-state index is -0.624. The Labute approximate surface area is 493 Å². The van der Waals surface area contributed by atoms with E-state index in [9.17, 15) is 18.0 Å². The molecule has 3 fully saturated rings. The van der Waals surface area contributed by atoms with Crippen LogP contribution in [0.1, 0.15) is 80.0 Å². The molecule has 3 saturated carbocycles. The second-order valence-electron chi connectivity index (χ2n) is 20.3. The summed E-state index contributed by atoms with van der Waals surface area (Å²) in [5.74, 6) is 2.76. The summed E-state index contributed by atoms with van der Waals surface area (Å²) in [7, 11) is 0. The Morgan fingerprint density at radius 1 is 0.564 bits per heavy atom. The van der Waals surface area contributed by atoms with Gasteiger partial charge in [-0.25, -0.2) is 18.0 Å². The van der Waals surface area contributed by atoms with Crippen molar-refractivity contribution in [1.82, 2.24) is 5.32 Å². The van der Waals surface area contributed by atoms with Crippen LogP contribution in [0.25, 0.3) is 22.3 Å². The average molecular weight is 1250 g/mol. The Morgan fingerprint density at radius 2 is 0.987 bits per heavy atom. The smallest absolute Gasteiger partial charge is 0.413 e. The molecule has 3 heterocycles. The van der Waals surface area contributed by atoms with Gasteiger partial charge in [-0.15, -0.1) is 0 Å². The van der Waals surface area contributed by atoms with Crippen LogP contribution in [-0.4, -0.2) is 38.9 Å². The monoisotopic (exact) mass is 1250 g/mol. The van der Waals surface area contributed by atoms with Crippen LogP contribution < -0.4 is 16.8 Å². The molecule has 0 unspecified atom stereocenters. The molecule has 78 heavy (non-hydrogen) atoms. The molecule has 12 rings (SSSR count). The van der Waals surface area contributed by atoms with Gasteiger partial charge in [0.05, 0.1) is 16.6 Å². The van der Waals surface area contributed by atoms with Crippen LogP contribution in [0.3, 0.4) is 0 Å². The van der Waals surface area contributed by atoms with Crippen LogP contribution in [0, 0.1) is 35.2 Å². The Bertz CT molecular complexity index is 3160. The highest BCUT2D eigenvalue weighted by Crippen LogP contribution is 2.55. The largest absolute Gasteiger partial charge is 0.444 e. The molecular weight excluding hydrogens is 1200 g/mol. The molecule has 0 radical (unpaired) electrons. The van der Waals surface area contributed by atoms with E-state index in [-0.39, 0.29) is 30.0 Å². The van der Waals surface area contributed by atoms with Crippen molar-refractivity contribution >= 4 is 119 Å². The summed E-state index contributed by atoms with van der Waals surface area (Å²) in [5.41, 5.74) is 16.6. The maximum Gasteiger partial charge on any atom is 0.413 e. The van der Waals surface area contributed by atoms with E-state index in [1.54, 1.807) is 53.9 Å². The molecule has 3 aliphatic carbocycles. The predicted octanol–water partition coefficient (Wildman–Crippen LogP) is 17.3. The molecule has 6 aliphatic rings. The number of carbonyl (C=O) groups excluding carboxylic acids is 1. The molecule has 8 nitrogen and oxygen atoms in total. The van der Waals surface area contributed by atoms with Gasteiger partial charge in [0.15, 0.2) is 15.5 Å². The lowest BCUT2D eigenvalue weighted by atomic mass is 9.80. The molecule has 6 atom stereocenters. The molecule has 0 spiro atoms. The number of nitrogens with one attached hydrogen (secondary N) is 1. The molecule has 6 aromatic rings. The molecule has 1 amide bonds. The second kappa shape index (κ2) is 24.4. The number of amides is 1. The van der Waals surface area contributed by atoms with E-state index in [0.717, 1.165) is 107 Å². The quantitative estimate of drug-likeness (QED) is 0.145. The fourth-order valence-corrected chi connectivity index (χ4v) is 16.7. The van der Waals surface area contributed by atoms with Crippen molar-refractivity contribution in [2.45, 2.75) is 81.0 Å². The number of amidine groups is 3. The zero-order valence-corrected chi connectivity index (χ0v) is 49.1. The van der Waals surface area contributed by atoms with Crippen LogP contribution in [0.2, 0.25) is 20.1 Å². The number of nitrogens with zero attached hydrogens (tertiary/aromatic N) is 3. The standard InChI is InChI=1S/C21H20BrFN2O2S.2C19H17Cl2FN2S/c22-16-8-9-18(23)17(11-16)21-10-4-7-15(21)13-28-19(25-21)24-20(26)27-12-14-5-2-1-3-6-14;2*20-14-6-12(7-15(21)9-14)11-3-4-17(22)16(8-11)19-5-1-2-13(19)10-25-18(23)24-19/h1-3,5-6,8-9,11,15H,4,7,10,12-13H2,(H,24,25,26);2*3-4,6-9,13H,1-2,5,10H2,(H2,23,24)/t15-,21-;2*13-,19-/m000/s1. The average Bonchev–Trinajstić information content (AvgIpc) is 4.32. The van der Waals surface area contributed by atoms with Gasteiger partial charge in [0.2, 0.25) is 0 Å². The highest BCUT2D eigenvalue weighted by Gasteiger charge is 2.50. The summed E-state index contributed by atoms with van der Waals surface area (Å²) in [5, 5.41) is 6.57. The number of carbonyl (C=O) groups is 1. The number of thioether (sulfide) groups is 3. The fourth-order valence-electron chi connectivity index (χ4n) is 12.0. The van der Waals surface area contributed by atoms with Gasteiger partial charge >= 0.3 is 6.09 Å². The molecule has 3 aliphatic heterocycles. The van der Waals surface area contributed by atoms with E-state index in [2.05, 4.69) is 21.2 Å². The van der Waals surface area contributed by atoms with Gasteiger partial charge in [0, 0.05) is 58.5 Å². The Hall–Kier alpha value is -4.32. The maximum absolute atomic E-state index is 14.8. The number of ether oxygens (including phenoxy) is 1. The van der Waals surface area contributed by atoms with Crippen LogP contribution in [-0.2, 0) is 28.0 Å². The lowest BCUT2D eigenvalue weighted by Crippen LogP contribution is -2.40. The van der Waals surface area contributed by atoms with Gasteiger partial charge in [-0.3, -0.25) is 20.3 Å². The van der Waals surface area contributed by atoms with Crippen LogP contribution in [0.15, 0.2) is 141 Å². The molecular formula is C59H54BrCl4F3N6O2S3. The number of hydrogen-bond donors (Lipinski definition) is 3. The van der Waals surface area contributed by atoms with E-state index in [1.807, 2.05) is 72.8 Å². The SMILES string of the molecule is NC1=N[C@@]2(c3cc(-c4cc(Cl)cc(Cl)c4)ccc3F)CCC[C@H]2CS1.NC1=N[C@@]2(c3cc(-c4cc(Cl)cc(Cl)c4)ccc3F)CCC[C@H]2CS1.O=C(NC1=N[C@@]2(c3cc(Br)ccc3F)CCC[C@H]2CS1)OCc1ccccc1. The molecule has 5 N–H and O–H groups in total. The van der Waals surface area contributed by atoms with Gasteiger partial charge in [-0.1, -0.05) is 159 Å². The molecule has 406 valence electrons. The van der Waals surface area contributed by atoms with Crippen LogP contribution in [0.5, 0.6) is 0 Å². The van der Waals surface area contributed by atoms with E-state index < -0.39 is 22.7 Å². The summed E-state index contributed by atoms with van der Waals surface area (Å²) in [6, 6.07) is 35.5. The van der Waals surface area contributed by atoms with Gasteiger partial charge in [0.25, 0.3) is 0 Å². The first kappa shape index (κ1) is 56.9. The first-order valence-electron chi connectivity index (χ1n) is 25.7. The lowest BCUT2D eigenvalue weighted by Gasteiger charge is -2.36. The Morgan fingerprint density at radius 3 is 1.46 bits per heavy atom. The number of alkyl carbamates (subject to hydrolysis) is 1. The Balaban J connectivity index is 0.000000133. The van der Waals surface area contributed by atoms with Crippen molar-refractivity contribution in [1.29, 1.82) is 0 Å². The normalized spacial score (nSPS) is 24.9. The number of rotatable bonds is 7. The van der Waals surface area contributed by atoms with Gasteiger partial charge in [0.1, 0.15) is 24.1 Å². The number of fused-ring (bicyclic) bond motifs is 3. The van der Waals surface area contributed by atoms with Crippen molar-refractivity contribution in [2.24, 2.45) is 44.2 Å². The molecule has 19 heteroatoms. The molecule has 0 bridgehead atoms.